The fourth-order valence-electron chi connectivity index (χ4n) is 3.14. The molecule has 10 nitrogen and oxygen atoms in total. The number of nitrogens with zero attached hydrogens (tertiary/aromatic N) is 2. The highest BCUT2D eigenvalue weighted by Crippen LogP contribution is 2.30. The standard InChI is InChI=1S/C23H18F2N4O6S/c1-33-14-8-9-19(15(24)12-14)35-23-21(27-17-5-3-4-6-18(17)28-23)22(30)26-13-7-10-20(16(25)11-13)36(31,32)29-34-2/h3-12,29H,1-2H3,(H,26,30). The molecule has 1 heterocycles. The van der Waals surface area contributed by atoms with E-state index in [1.54, 1.807) is 29.2 Å². The van der Waals surface area contributed by atoms with Gasteiger partial charge in [-0.05, 0) is 42.5 Å². The monoisotopic (exact) mass is 516 g/mol. The number of methoxy groups -OCH3 is 1. The van der Waals surface area contributed by atoms with Crippen molar-refractivity contribution in [2.45, 2.75) is 4.90 Å². The van der Waals surface area contributed by atoms with Gasteiger partial charge < -0.3 is 14.8 Å². The molecule has 4 rings (SSSR count). The third kappa shape index (κ3) is 5.22. The van der Waals surface area contributed by atoms with Crippen molar-refractivity contribution in [3.05, 3.63) is 78.0 Å². The van der Waals surface area contributed by atoms with E-state index in [1.165, 1.54) is 25.3 Å². The summed E-state index contributed by atoms with van der Waals surface area (Å²) in [5, 5.41) is 2.41. The number of rotatable bonds is 8. The van der Waals surface area contributed by atoms with Crippen LogP contribution < -0.4 is 19.7 Å². The van der Waals surface area contributed by atoms with Gasteiger partial charge in [-0.2, -0.15) is 0 Å². The molecule has 0 aliphatic rings. The van der Waals surface area contributed by atoms with Gasteiger partial charge in [0, 0.05) is 11.8 Å². The van der Waals surface area contributed by atoms with Crippen molar-refractivity contribution in [2.24, 2.45) is 0 Å². The largest absolute Gasteiger partial charge is 0.497 e. The summed E-state index contributed by atoms with van der Waals surface area (Å²) in [7, 11) is -1.82. The Morgan fingerprint density at radius 1 is 0.917 bits per heavy atom. The quantitative estimate of drug-likeness (QED) is 0.339. The number of anilines is 1. The molecule has 1 amide bonds. The molecule has 0 spiro atoms. The Morgan fingerprint density at radius 3 is 2.28 bits per heavy atom. The molecule has 2 N–H and O–H groups in total. The second-order valence-corrected chi connectivity index (χ2v) is 8.77. The first-order valence-electron chi connectivity index (χ1n) is 10.2. The molecule has 4 aromatic rings. The zero-order chi connectivity index (χ0) is 25.9. The summed E-state index contributed by atoms with van der Waals surface area (Å²) in [6, 6.07) is 13.4. The van der Waals surface area contributed by atoms with Crippen LogP contribution in [0, 0.1) is 11.6 Å². The summed E-state index contributed by atoms with van der Waals surface area (Å²) < 4.78 is 63.5. The van der Waals surface area contributed by atoms with Gasteiger partial charge in [-0.15, -0.1) is 0 Å². The van der Waals surface area contributed by atoms with E-state index in [1.807, 2.05) is 0 Å². The van der Waals surface area contributed by atoms with Crippen LogP contribution in [0.1, 0.15) is 10.5 Å². The average Bonchev–Trinajstić information content (AvgIpc) is 2.84. The maximum absolute atomic E-state index is 14.5. The lowest BCUT2D eigenvalue weighted by Gasteiger charge is -2.13. The predicted molar refractivity (Wildman–Crippen MR) is 124 cm³/mol. The van der Waals surface area contributed by atoms with Crippen molar-refractivity contribution in [3.63, 3.8) is 0 Å². The Bertz CT molecular complexity index is 1570. The van der Waals surface area contributed by atoms with Crippen molar-refractivity contribution in [1.29, 1.82) is 0 Å². The van der Waals surface area contributed by atoms with Gasteiger partial charge in [-0.1, -0.05) is 17.0 Å². The van der Waals surface area contributed by atoms with E-state index in [0.717, 1.165) is 25.3 Å². The van der Waals surface area contributed by atoms with E-state index in [-0.39, 0.29) is 28.8 Å². The zero-order valence-corrected chi connectivity index (χ0v) is 19.6. The van der Waals surface area contributed by atoms with Crippen LogP contribution in [0.5, 0.6) is 17.4 Å². The first-order chi connectivity index (χ1) is 17.2. The molecule has 0 atom stereocenters. The predicted octanol–water partition coefficient (Wildman–Crippen LogP) is 3.80. The molecule has 36 heavy (non-hydrogen) atoms. The molecule has 0 saturated heterocycles. The van der Waals surface area contributed by atoms with Crippen molar-refractivity contribution in [3.8, 4) is 17.4 Å². The van der Waals surface area contributed by atoms with E-state index < -0.39 is 32.5 Å². The molecule has 0 bridgehead atoms. The first kappa shape index (κ1) is 24.9. The van der Waals surface area contributed by atoms with Crippen LogP contribution in [-0.2, 0) is 14.9 Å². The molecule has 0 aliphatic heterocycles. The lowest BCUT2D eigenvalue weighted by Crippen LogP contribution is -2.23. The molecule has 0 fully saturated rings. The van der Waals surface area contributed by atoms with Crippen LogP contribution in [0.25, 0.3) is 11.0 Å². The molecule has 13 heteroatoms. The Balaban J connectivity index is 1.69. The normalized spacial score (nSPS) is 11.3. The number of fused-ring (bicyclic) bond motifs is 1. The summed E-state index contributed by atoms with van der Waals surface area (Å²) in [6.45, 7) is 0. The minimum absolute atomic E-state index is 0.0783. The van der Waals surface area contributed by atoms with Crippen molar-refractivity contribution in [2.75, 3.05) is 19.5 Å². The summed E-state index contributed by atoms with van der Waals surface area (Å²) in [4.78, 5) is 27.0. The highest BCUT2D eigenvalue weighted by molar-refractivity contribution is 7.89. The van der Waals surface area contributed by atoms with Crippen molar-refractivity contribution < 1.29 is 36.3 Å². The molecule has 1 aromatic heterocycles. The zero-order valence-electron chi connectivity index (χ0n) is 18.8. The van der Waals surface area contributed by atoms with E-state index in [0.29, 0.717) is 11.0 Å². The molecule has 186 valence electrons. The number of hydrogen-bond donors (Lipinski definition) is 2. The Kier molecular flexibility index (Phi) is 7.05. The Morgan fingerprint density at radius 2 is 1.64 bits per heavy atom. The molecule has 0 saturated carbocycles. The number of halogens is 2. The maximum Gasteiger partial charge on any atom is 0.279 e. The number of benzene rings is 3. The summed E-state index contributed by atoms with van der Waals surface area (Å²) in [5.41, 5.74) is 0.333. The van der Waals surface area contributed by atoms with E-state index in [9.17, 15) is 22.0 Å². The van der Waals surface area contributed by atoms with Crippen LogP contribution in [0.4, 0.5) is 14.5 Å². The summed E-state index contributed by atoms with van der Waals surface area (Å²) >= 11 is 0. The lowest BCUT2D eigenvalue weighted by atomic mass is 10.2. The van der Waals surface area contributed by atoms with Crippen LogP contribution in [0.15, 0.2) is 65.6 Å². The minimum Gasteiger partial charge on any atom is -0.497 e. The van der Waals surface area contributed by atoms with Gasteiger partial charge in [-0.3, -0.25) is 9.63 Å². The van der Waals surface area contributed by atoms with Gasteiger partial charge in [0.05, 0.1) is 25.3 Å². The lowest BCUT2D eigenvalue weighted by molar-refractivity contribution is 0.101. The van der Waals surface area contributed by atoms with Gasteiger partial charge in [-0.25, -0.2) is 27.2 Å². The van der Waals surface area contributed by atoms with Gasteiger partial charge in [0.25, 0.3) is 21.8 Å². The number of sulfonamides is 1. The van der Waals surface area contributed by atoms with Crippen LogP contribution in [0.3, 0.4) is 0 Å². The molecule has 3 aromatic carbocycles. The van der Waals surface area contributed by atoms with Crippen LogP contribution >= 0.6 is 0 Å². The van der Waals surface area contributed by atoms with Crippen molar-refractivity contribution in [1.82, 2.24) is 14.9 Å². The number of hydrogen-bond acceptors (Lipinski definition) is 8. The average molecular weight is 516 g/mol. The fourth-order valence-corrected chi connectivity index (χ4v) is 4.01. The highest BCUT2D eigenvalue weighted by Gasteiger charge is 2.23. The highest BCUT2D eigenvalue weighted by atomic mass is 32.2. The minimum atomic E-state index is -4.26. The van der Waals surface area contributed by atoms with Gasteiger partial charge >= 0.3 is 0 Å². The molecule has 0 unspecified atom stereocenters. The first-order valence-corrected chi connectivity index (χ1v) is 11.6. The van der Waals surface area contributed by atoms with Crippen LogP contribution in [0.2, 0.25) is 0 Å². The molecular formula is C23H18F2N4O6S. The van der Waals surface area contributed by atoms with Gasteiger partial charge in [0.15, 0.2) is 17.3 Å². The van der Waals surface area contributed by atoms with E-state index in [2.05, 4.69) is 20.1 Å². The smallest absolute Gasteiger partial charge is 0.279 e. The van der Waals surface area contributed by atoms with E-state index >= 15 is 0 Å². The van der Waals surface area contributed by atoms with Crippen LogP contribution in [-0.4, -0.2) is 38.5 Å². The SMILES string of the molecule is CONS(=O)(=O)c1ccc(NC(=O)c2nc3ccccc3nc2Oc2ccc(OC)cc2F)cc1F. The topological polar surface area (TPSA) is 129 Å². The van der Waals surface area contributed by atoms with Gasteiger partial charge in [0.2, 0.25) is 0 Å². The second kappa shape index (κ2) is 10.2. The number of carbonyl (C=O) groups is 1. The second-order valence-electron chi connectivity index (χ2n) is 7.15. The number of nitrogens with one attached hydrogen (secondary N) is 2. The number of amides is 1. The maximum atomic E-state index is 14.5. The van der Waals surface area contributed by atoms with Gasteiger partial charge in [0.1, 0.15) is 16.5 Å². The molecular weight excluding hydrogens is 498 g/mol. The number of para-hydroxylation sites is 2. The molecule has 0 radical (unpaired) electrons. The van der Waals surface area contributed by atoms with Crippen molar-refractivity contribution >= 4 is 32.7 Å². The number of ether oxygens (including phenoxy) is 2. The number of carbonyl (C=O) groups excluding carboxylic acids is 1. The Hall–Kier alpha value is -4.20. The number of aromatic nitrogens is 2. The third-order valence-electron chi connectivity index (χ3n) is 4.77. The summed E-state index contributed by atoms with van der Waals surface area (Å²) in [5.74, 6) is -3.05. The third-order valence-corrected chi connectivity index (χ3v) is 6.07. The molecule has 0 aliphatic carbocycles. The van der Waals surface area contributed by atoms with E-state index in [4.69, 9.17) is 9.47 Å². The fraction of sp³-hybridized carbons (Fsp3) is 0.0870. The Labute approximate surface area is 203 Å². The summed E-state index contributed by atoms with van der Waals surface area (Å²) in [6.07, 6.45) is 0.